The van der Waals surface area contributed by atoms with Crippen LogP contribution in [0.4, 0.5) is 0 Å². The fourth-order valence-electron chi connectivity index (χ4n) is 1.70. The van der Waals surface area contributed by atoms with Gasteiger partial charge in [-0.05, 0) is 36.2 Å². The Morgan fingerprint density at radius 1 is 1.00 bits per heavy atom. The average molecular weight is 306 g/mol. The second kappa shape index (κ2) is 6.10. The molecular formula is C13H11Cl3S. The molecule has 0 radical (unpaired) electrons. The van der Waals surface area contributed by atoms with E-state index >= 15 is 0 Å². The fourth-order valence-corrected chi connectivity index (χ4v) is 3.28. The van der Waals surface area contributed by atoms with Crippen LogP contribution in [0.1, 0.15) is 16.4 Å². The van der Waals surface area contributed by atoms with Gasteiger partial charge in [0.2, 0.25) is 0 Å². The van der Waals surface area contributed by atoms with Crippen molar-refractivity contribution in [3.8, 4) is 0 Å². The van der Waals surface area contributed by atoms with Gasteiger partial charge in [0.1, 0.15) is 0 Å². The molecule has 2 aromatic rings. The summed E-state index contributed by atoms with van der Waals surface area (Å²) in [5.74, 6) is 0.903. The van der Waals surface area contributed by atoms with Gasteiger partial charge in [-0.2, -0.15) is 0 Å². The van der Waals surface area contributed by atoms with Crippen LogP contribution in [0.3, 0.4) is 0 Å². The van der Waals surface area contributed by atoms with Crippen molar-refractivity contribution in [1.82, 2.24) is 0 Å². The minimum Gasteiger partial charge on any atom is -0.128 e. The second-order valence-electron chi connectivity index (χ2n) is 3.81. The number of benzene rings is 1. The number of halogens is 3. The summed E-state index contributed by atoms with van der Waals surface area (Å²) in [6, 6.07) is 11.8. The second-order valence-corrected chi connectivity index (χ2v) is 6.36. The molecule has 0 nitrogen and oxygen atoms in total. The topological polar surface area (TPSA) is 0 Å². The van der Waals surface area contributed by atoms with Crippen molar-refractivity contribution >= 4 is 46.1 Å². The lowest BCUT2D eigenvalue weighted by atomic mass is 9.97. The van der Waals surface area contributed by atoms with Gasteiger partial charge in [-0.15, -0.1) is 22.9 Å². The van der Waals surface area contributed by atoms with Crippen molar-refractivity contribution in [3.63, 3.8) is 0 Å². The largest absolute Gasteiger partial charge is 0.128 e. The normalized spacial score (nSPS) is 12.6. The Morgan fingerprint density at radius 3 is 2.24 bits per heavy atom. The molecule has 0 amide bonds. The Kier molecular flexibility index (Phi) is 4.75. The Hall–Kier alpha value is -0.210. The highest BCUT2D eigenvalue weighted by atomic mass is 35.5. The maximum absolute atomic E-state index is 6.04. The van der Waals surface area contributed by atoms with Gasteiger partial charge >= 0.3 is 0 Å². The molecule has 0 N–H and O–H groups in total. The van der Waals surface area contributed by atoms with Gasteiger partial charge in [0, 0.05) is 21.7 Å². The van der Waals surface area contributed by atoms with Gasteiger partial charge in [0.25, 0.3) is 0 Å². The quantitative estimate of drug-likeness (QED) is 0.643. The molecule has 1 atom stereocenters. The van der Waals surface area contributed by atoms with E-state index in [2.05, 4.69) is 6.07 Å². The summed E-state index contributed by atoms with van der Waals surface area (Å²) in [4.78, 5) is 1.26. The van der Waals surface area contributed by atoms with Crippen LogP contribution in [0.5, 0.6) is 0 Å². The van der Waals surface area contributed by atoms with Crippen molar-refractivity contribution < 1.29 is 0 Å². The van der Waals surface area contributed by atoms with E-state index in [0.29, 0.717) is 11.8 Å². The molecule has 0 fully saturated rings. The molecular weight excluding hydrogens is 295 g/mol. The predicted molar refractivity (Wildman–Crippen MR) is 77.9 cm³/mol. The minimum atomic E-state index is 0.309. The van der Waals surface area contributed by atoms with Crippen molar-refractivity contribution in [2.75, 3.05) is 5.88 Å². The third-order valence-corrected chi connectivity index (χ3v) is 4.48. The fraction of sp³-hybridized carbons (Fsp3) is 0.231. The van der Waals surface area contributed by atoms with Gasteiger partial charge in [-0.1, -0.05) is 35.3 Å². The van der Waals surface area contributed by atoms with E-state index in [4.69, 9.17) is 34.8 Å². The van der Waals surface area contributed by atoms with Gasteiger partial charge in [-0.25, -0.2) is 0 Å². The van der Waals surface area contributed by atoms with Crippen molar-refractivity contribution in [1.29, 1.82) is 0 Å². The van der Waals surface area contributed by atoms with Crippen molar-refractivity contribution in [2.45, 2.75) is 12.3 Å². The Bertz CT molecular complexity index is 476. The van der Waals surface area contributed by atoms with Crippen LogP contribution in [0, 0.1) is 0 Å². The molecule has 1 aromatic heterocycles. The number of thiophene rings is 1. The standard InChI is InChI=1S/C13H11Cl3S/c14-8-10(7-12-5-6-13(16)17-12)9-1-3-11(15)4-2-9/h1-6,10H,7-8H2. The molecule has 17 heavy (non-hydrogen) atoms. The van der Waals surface area contributed by atoms with Crippen LogP contribution in [0.25, 0.3) is 0 Å². The smallest absolute Gasteiger partial charge is 0.0931 e. The summed E-state index contributed by atoms with van der Waals surface area (Å²) in [5.41, 5.74) is 1.22. The minimum absolute atomic E-state index is 0.309. The maximum Gasteiger partial charge on any atom is 0.0931 e. The van der Waals surface area contributed by atoms with Crippen LogP contribution in [0.2, 0.25) is 9.36 Å². The molecule has 0 aliphatic heterocycles. The molecule has 0 spiro atoms. The van der Waals surface area contributed by atoms with E-state index in [9.17, 15) is 0 Å². The van der Waals surface area contributed by atoms with E-state index in [1.807, 2.05) is 30.3 Å². The Balaban J connectivity index is 2.13. The van der Waals surface area contributed by atoms with E-state index in [1.165, 1.54) is 10.4 Å². The molecule has 0 aliphatic carbocycles. The maximum atomic E-state index is 6.04. The van der Waals surface area contributed by atoms with Crippen LogP contribution in [-0.2, 0) is 6.42 Å². The monoisotopic (exact) mass is 304 g/mol. The molecule has 0 saturated carbocycles. The Labute approximate surface area is 120 Å². The first-order valence-corrected chi connectivity index (χ1v) is 7.35. The number of alkyl halides is 1. The van der Waals surface area contributed by atoms with E-state index in [-0.39, 0.29) is 0 Å². The lowest BCUT2D eigenvalue weighted by molar-refractivity contribution is 0.776. The van der Waals surface area contributed by atoms with Gasteiger partial charge in [0.05, 0.1) is 4.34 Å². The van der Waals surface area contributed by atoms with Gasteiger partial charge in [-0.3, -0.25) is 0 Å². The highest BCUT2D eigenvalue weighted by Crippen LogP contribution is 2.29. The first-order chi connectivity index (χ1) is 8.19. The van der Waals surface area contributed by atoms with E-state index in [0.717, 1.165) is 15.8 Å². The van der Waals surface area contributed by atoms with Crippen LogP contribution in [-0.4, -0.2) is 5.88 Å². The highest BCUT2D eigenvalue weighted by Gasteiger charge is 2.12. The summed E-state index contributed by atoms with van der Waals surface area (Å²) in [7, 11) is 0. The van der Waals surface area contributed by atoms with Crippen LogP contribution < -0.4 is 0 Å². The zero-order chi connectivity index (χ0) is 12.3. The van der Waals surface area contributed by atoms with Crippen LogP contribution >= 0.6 is 46.1 Å². The summed E-state index contributed by atoms with van der Waals surface area (Å²) in [6.07, 6.45) is 0.919. The molecule has 1 aromatic carbocycles. The first-order valence-electron chi connectivity index (χ1n) is 5.24. The predicted octanol–water partition coefficient (Wildman–Crippen LogP) is 5.62. The lowest BCUT2D eigenvalue weighted by Gasteiger charge is -2.13. The molecule has 0 saturated heterocycles. The van der Waals surface area contributed by atoms with Crippen LogP contribution in [0.15, 0.2) is 36.4 Å². The molecule has 0 aliphatic rings. The Morgan fingerprint density at radius 2 is 1.71 bits per heavy atom. The number of hydrogen-bond donors (Lipinski definition) is 0. The molecule has 90 valence electrons. The molecule has 1 unspecified atom stereocenters. The van der Waals surface area contributed by atoms with E-state index in [1.54, 1.807) is 11.3 Å². The highest BCUT2D eigenvalue weighted by molar-refractivity contribution is 7.16. The molecule has 1 heterocycles. The first kappa shape index (κ1) is 13.2. The van der Waals surface area contributed by atoms with E-state index < -0.39 is 0 Å². The zero-order valence-electron chi connectivity index (χ0n) is 9.00. The molecule has 4 heteroatoms. The number of rotatable bonds is 4. The molecule has 0 bridgehead atoms. The van der Waals surface area contributed by atoms with Crippen molar-refractivity contribution in [2.24, 2.45) is 0 Å². The zero-order valence-corrected chi connectivity index (χ0v) is 12.1. The summed E-state index contributed by atoms with van der Waals surface area (Å²) < 4.78 is 0.824. The summed E-state index contributed by atoms with van der Waals surface area (Å²) in [5, 5.41) is 0.751. The lowest BCUT2D eigenvalue weighted by Crippen LogP contribution is -2.03. The van der Waals surface area contributed by atoms with Crippen molar-refractivity contribution in [3.05, 3.63) is 56.2 Å². The van der Waals surface area contributed by atoms with Gasteiger partial charge < -0.3 is 0 Å². The molecule has 2 rings (SSSR count). The summed E-state index contributed by atoms with van der Waals surface area (Å²) in [6.45, 7) is 0. The van der Waals surface area contributed by atoms with Gasteiger partial charge in [0.15, 0.2) is 0 Å². The third-order valence-electron chi connectivity index (χ3n) is 2.60. The number of hydrogen-bond acceptors (Lipinski definition) is 1. The SMILES string of the molecule is ClCC(Cc1ccc(Cl)s1)c1ccc(Cl)cc1. The average Bonchev–Trinajstić information content (AvgIpc) is 2.73. The summed E-state index contributed by atoms with van der Waals surface area (Å²) >= 11 is 19.4. The third kappa shape index (κ3) is 3.62.